The summed E-state index contributed by atoms with van der Waals surface area (Å²) in [5.74, 6) is 0. The van der Waals surface area contributed by atoms with Gasteiger partial charge in [0.1, 0.15) is 0 Å². The van der Waals surface area contributed by atoms with E-state index in [1.165, 1.54) is 5.56 Å². The van der Waals surface area contributed by atoms with Crippen LogP contribution in [-0.4, -0.2) is 6.10 Å². The van der Waals surface area contributed by atoms with Gasteiger partial charge in [0.15, 0.2) is 0 Å². The van der Waals surface area contributed by atoms with Crippen LogP contribution in [0.15, 0.2) is 42.5 Å². The van der Waals surface area contributed by atoms with E-state index in [9.17, 15) is 0 Å². The van der Waals surface area contributed by atoms with Crippen LogP contribution in [0.3, 0.4) is 0 Å². The molecule has 1 heteroatoms. The summed E-state index contributed by atoms with van der Waals surface area (Å²) < 4.78 is 5.58. The summed E-state index contributed by atoms with van der Waals surface area (Å²) in [6.07, 6.45) is 4.25. The minimum Gasteiger partial charge on any atom is -0.370 e. The van der Waals surface area contributed by atoms with Crippen LogP contribution >= 0.6 is 0 Å². The first-order chi connectivity index (χ1) is 6.33. The van der Waals surface area contributed by atoms with Gasteiger partial charge in [-0.2, -0.15) is 0 Å². The van der Waals surface area contributed by atoms with E-state index < -0.39 is 0 Å². The molecule has 0 heterocycles. The van der Waals surface area contributed by atoms with Crippen molar-refractivity contribution in [3.8, 4) is 0 Å². The van der Waals surface area contributed by atoms with Crippen molar-refractivity contribution in [3.63, 3.8) is 0 Å². The van der Waals surface area contributed by atoms with Gasteiger partial charge >= 0.3 is 0 Å². The first kappa shape index (κ1) is 10.0. The first-order valence-electron chi connectivity index (χ1n) is 4.61. The number of rotatable bonds is 4. The normalized spacial score (nSPS) is 13.4. The third-order valence-electron chi connectivity index (χ3n) is 1.82. The van der Waals surface area contributed by atoms with Gasteiger partial charge in [0.25, 0.3) is 0 Å². The fraction of sp³-hybridized carbons (Fsp3) is 0.333. The summed E-state index contributed by atoms with van der Waals surface area (Å²) in [7, 11) is 0. The van der Waals surface area contributed by atoms with Crippen LogP contribution in [0, 0.1) is 0 Å². The van der Waals surface area contributed by atoms with E-state index in [-0.39, 0.29) is 6.10 Å². The monoisotopic (exact) mass is 176 g/mol. The Bertz CT molecular complexity index is 251. The quantitative estimate of drug-likeness (QED) is 0.640. The van der Waals surface area contributed by atoms with E-state index in [0.717, 1.165) is 0 Å². The van der Waals surface area contributed by atoms with Gasteiger partial charge in [-0.15, -0.1) is 0 Å². The van der Waals surface area contributed by atoms with Gasteiger partial charge in [0.05, 0.1) is 12.7 Å². The van der Waals surface area contributed by atoms with Crippen molar-refractivity contribution in [2.24, 2.45) is 0 Å². The minimum absolute atomic E-state index is 0.199. The predicted octanol–water partition coefficient (Wildman–Crippen LogP) is 3.17. The molecule has 1 aromatic rings. The molecular weight excluding hydrogens is 160 g/mol. The van der Waals surface area contributed by atoms with Crippen molar-refractivity contribution in [2.45, 2.75) is 26.6 Å². The van der Waals surface area contributed by atoms with E-state index in [1.807, 2.05) is 44.2 Å². The Morgan fingerprint density at radius 2 is 2.00 bits per heavy atom. The third kappa shape index (κ3) is 3.90. The maximum atomic E-state index is 5.58. The molecule has 0 aliphatic rings. The molecule has 1 aromatic carbocycles. The zero-order valence-electron chi connectivity index (χ0n) is 8.23. The lowest BCUT2D eigenvalue weighted by atomic mass is 10.2. The summed E-state index contributed by atoms with van der Waals surface area (Å²) in [5, 5.41) is 0. The average Bonchev–Trinajstić information content (AvgIpc) is 2.17. The Morgan fingerprint density at radius 3 is 2.62 bits per heavy atom. The molecule has 1 unspecified atom stereocenters. The lowest BCUT2D eigenvalue weighted by molar-refractivity contribution is 0.0840. The minimum atomic E-state index is 0.199. The van der Waals surface area contributed by atoms with Crippen LogP contribution in [0.5, 0.6) is 0 Å². The molecule has 0 fully saturated rings. The van der Waals surface area contributed by atoms with Crippen LogP contribution in [0.1, 0.15) is 19.4 Å². The Morgan fingerprint density at radius 1 is 1.31 bits per heavy atom. The Balaban J connectivity index is 2.35. The van der Waals surface area contributed by atoms with Gasteiger partial charge in [-0.3, -0.25) is 0 Å². The average molecular weight is 176 g/mol. The molecule has 0 saturated carbocycles. The molecule has 0 N–H and O–H groups in total. The fourth-order valence-corrected chi connectivity index (χ4v) is 1.13. The second-order valence-electron chi connectivity index (χ2n) is 3.03. The maximum absolute atomic E-state index is 5.58. The molecule has 1 nitrogen and oxygen atoms in total. The Labute approximate surface area is 80.0 Å². The molecule has 0 saturated heterocycles. The molecule has 0 aromatic heterocycles. The second-order valence-corrected chi connectivity index (χ2v) is 3.03. The largest absolute Gasteiger partial charge is 0.370 e. The highest BCUT2D eigenvalue weighted by atomic mass is 16.5. The molecule has 1 atom stereocenters. The molecule has 0 bridgehead atoms. The van der Waals surface area contributed by atoms with Gasteiger partial charge in [0, 0.05) is 0 Å². The Kier molecular flexibility index (Phi) is 4.27. The van der Waals surface area contributed by atoms with E-state index >= 15 is 0 Å². The van der Waals surface area contributed by atoms with Crippen LogP contribution in [0.2, 0.25) is 0 Å². The van der Waals surface area contributed by atoms with E-state index in [1.54, 1.807) is 0 Å². The maximum Gasteiger partial charge on any atom is 0.0732 e. The summed E-state index contributed by atoms with van der Waals surface area (Å²) in [6, 6.07) is 10.2. The third-order valence-corrected chi connectivity index (χ3v) is 1.82. The molecule has 0 radical (unpaired) electrons. The van der Waals surface area contributed by atoms with Gasteiger partial charge in [-0.25, -0.2) is 0 Å². The van der Waals surface area contributed by atoms with Gasteiger partial charge in [-0.1, -0.05) is 42.5 Å². The molecule has 1 rings (SSSR count). The number of benzene rings is 1. The molecule has 0 spiro atoms. The molecule has 0 aliphatic carbocycles. The summed E-state index contributed by atoms with van der Waals surface area (Å²) in [5.41, 5.74) is 1.22. The highest BCUT2D eigenvalue weighted by molar-refractivity contribution is 5.13. The highest BCUT2D eigenvalue weighted by Gasteiger charge is 1.96. The van der Waals surface area contributed by atoms with Crippen molar-refractivity contribution in [1.29, 1.82) is 0 Å². The van der Waals surface area contributed by atoms with Crippen molar-refractivity contribution in [2.75, 3.05) is 0 Å². The van der Waals surface area contributed by atoms with Crippen LogP contribution in [0.4, 0.5) is 0 Å². The molecule has 0 amide bonds. The van der Waals surface area contributed by atoms with Crippen LogP contribution in [0.25, 0.3) is 0 Å². The van der Waals surface area contributed by atoms with Crippen molar-refractivity contribution in [1.82, 2.24) is 0 Å². The summed E-state index contributed by atoms with van der Waals surface area (Å²) in [4.78, 5) is 0. The molecule has 70 valence electrons. The zero-order chi connectivity index (χ0) is 9.52. The molecular formula is C12H16O. The number of allylic oxidation sites excluding steroid dienone is 1. The standard InChI is InChI=1S/C12H16O/c1-3-7-11(2)13-10-12-8-5-4-6-9-12/h3-9,11H,10H2,1-2H3. The molecule has 0 aliphatic heterocycles. The van der Waals surface area contributed by atoms with E-state index in [4.69, 9.17) is 4.74 Å². The summed E-state index contributed by atoms with van der Waals surface area (Å²) >= 11 is 0. The highest BCUT2D eigenvalue weighted by Crippen LogP contribution is 2.03. The SMILES string of the molecule is CC=CC(C)OCc1ccccc1. The Hall–Kier alpha value is -1.08. The fourth-order valence-electron chi connectivity index (χ4n) is 1.13. The smallest absolute Gasteiger partial charge is 0.0732 e. The second kappa shape index (κ2) is 5.55. The lowest BCUT2D eigenvalue weighted by Gasteiger charge is -2.08. The topological polar surface area (TPSA) is 9.23 Å². The van der Waals surface area contributed by atoms with Crippen LogP contribution in [-0.2, 0) is 11.3 Å². The van der Waals surface area contributed by atoms with Crippen molar-refractivity contribution < 1.29 is 4.74 Å². The number of ether oxygens (including phenoxy) is 1. The first-order valence-corrected chi connectivity index (χ1v) is 4.61. The zero-order valence-corrected chi connectivity index (χ0v) is 8.23. The predicted molar refractivity (Wildman–Crippen MR) is 55.5 cm³/mol. The van der Waals surface area contributed by atoms with Crippen molar-refractivity contribution in [3.05, 3.63) is 48.0 Å². The van der Waals surface area contributed by atoms with Crippen molar-refractivity contribution >= 4 is 0 Å². The number of hydrogen-bond acceptors (Lipinski definition) is 1. The van der Waals surface area contributed by atoms with Gasteiger partial charge < -0.3 is 4.74 Å². The van der Waals surface area contributed by atoms with Gasteiger partial charge in [-0.05, 0) is 19.4 Å². The summed E-state index contributed by atoms with van der Waals surface area (Å²) in [6.45, 7) is 4.73. The number of hydrogen-bond donors (Lipinski definition) is 0. The lowest BCUT2D eigenvalue weighted by Crippen LogP contribution is -2.03. The molecule has 13 heavy (non-hydrogen) atoms. The van der Waals surface area contributed by atoms with E-state index in [0.29, 0.717) is 6.61 Å². The van der Waals surface area contributed by atoms with Gasteiger partial charge in [0.2, 0.25) is 0 Å². The van der Waals surface area contributed by atoms with Crippen LogP contribution < -0.4 is 0 Å². The van der Waals surface area contributed by atoms with E-state index in [2.05, 4.69) is 12.1 Å².